The van der Waals surface area contributed by atoms with Gasteiger partial charge in [0, 0.05) is 19.0 Å². The Balaban J connectivity index is 2.43. The minimum atomic E-state index is 0.177. The van der Waals surface area contributed by atoms with Crippen LogP contribution >= 0.6 is 0 Å². The van der Waals surface area contributed by atoms with Crippen LogP contribution in [0.2, 0.25) is 0 Å². The summed E-state index contributed by atoms with van der Waals surface area (Å²) in [6.45, 7) is 10.2. The highest BCUT2D eigenvalue weighted by Crippen LogP contribution is 2.14. The molecule has 0 radical (unpaired) electrons. The van der Waals surface area contributed by atoms with Crippen molar-refractivity contribution in [2.24, 2.45) is 11.8 Å². The van der Waals surface area contributed by atoms with E-state index in [-0.39, 0.29) is 5.92 Å². The predicted molar refractivity (Wildman–Crippen MR) is 67.3 cm³/mol. The van der Waals surface area contributed by atoms with Crippen LogP contribution in [-0.4, -0.2) is 37.0 Å². The molecule has 2 unspecified atom stereocenters. The van der Waals surface area contributed by atoms with Gasteiger partial charge in [0.15, 0.2) is 0 Å². The van der Waals surface area contributed by atoms with Crippen molar-refractivity contribution >= 4 is 5.91 Å². The van der Waals surface area contributed by atoms with Crippen LogP contribution < -0.4 is 5.32 Å². The smallest absolute Gasteiger partial charge is 0.225 e. The minimum Gasteiger partial charge on any atom is -0.342 e. The molecule has 2 atom stereocenters. The molecule has 0 aromatic rings. The van der Waals surface area contributed by atoms with Gasteiger partial charge in [-0.05, 0) is 45.2 Å². The number of rotatable bonds is 5. The second-order valence-electron chi connectivity index (χ2n) is 4.90. The molecule has 1 saturated heterocycles. The Hall–Kier alpha value is -0.570. The molecule has 1 aliphatic heterocycles. The first kappa shape index (κ1) is 13.5. The van der Waals surface area contributed by atoms with Gasteiger partial charge in [-0.1, -0.05) is 13.8 Å². The summed E-state index contributed by atoms with van der Waals surface area (Å²) < 4.78 is 0. The highest BCUT2D eigenvalue weighted by molar-refractivity contribution is 5.78. The van der Waals surface area contributed by atoms with E-state index in [1.165, 1.54) is 12.8 Å². The van der Waals surface area contributed by atoms with E-state index in [4.69, 9.17) is 0 Å². The number of nitrogens with zero attached hydrogens (tertiary/aromatic N) is 1. The first-order valence-electron chi connectivity index (χ1n) is 6.68. The summed E-state index contributed by atoms with van der Waals surface area (Å²) in [5.74, 6) is 1.16. The van der Waals surface area contributed by atoms with Crippen LogP contribution in [0.15, 0.2) is 0 Å². The second-order valence-corrected chi connectivity index (χ2v) is 4.90. The molecule has 1 aliphatic rings. The number of amides is 1. The molecule has 0 saturated carbocycles. The highest BCUT2D eigenvalue weighted by Gasteiger charge is 2.22. The lowest BCUT2D eigenvalue weighted by Crippen LogP contribution is -2.42. The Morgan fingerprint density at radius 2 is 2.25 bits per heavy atom. The van der Waals surface area contributed by atoms with Gasteiger partial charge in [-0.25, -0.2) is 0 Å². The number of hydrogen-bond donors (Lipinski definition) is 1. The number of carbonyl (C=O) groups excluding carboxylic acids is 1. The Bertz CT molecular complexity index is 212. The van der Waals surface area contributed by atoms with Crippen molar-refractivity contribution in [3.8, 4) is 0 Å². The highest BCUT2D eigenvalue weighted by atomic mass is 16.2. The summed E-state index contributed by atoms with van der Waals surface area (Å²) in [5.41, 5.74) is 0. The van der Waals surface area contributed by atoms with E-state index in [1.807, 2.05) is 11.8 Å². The Morgan fingerprint density at radius 3 is 2.75 bits per heavy atom. The minimum absolute atomic E-state index is 0.177. The van der Waals surface area contributed by atoms with Crippen molar-refractivity contribution in [2.45, 2.75) is 40.0 Å². The lowest BCUT2D eigenvalue weighted by atomic mass is 9.98. The van der Waals surface area contributed by atoms with Crippen molar-refractivity contribution < 1.29 is 4.79 Å². The quantitative estimate of drug-likeness (QED) is 0.776. The predicted octanol–water partition coefficient (Wildman–Crippen LogP) is 1.88. The summed E-state index contributed by atoms with van der Waals surface area (Å²) in [4.78, 5) is 14.1. The van der Waals surface area contributed by atoms with Crippen LogP contribution in [0.4, 0.5) is 0 Å². The van der Waals surface area contributed by atoms with Crippen molar-refractivity contribution in [1.29, 1.82) is 0 Å². The molecular weight excluding hydrogens is 200 g/mol. The van der Waals surface area contributed by atoms with Crippen molar-refractivity contribution in [2.75, 3.05) is 26.2 Å². The van der Waals surface area contributed by atoms with E-state index >= 15 is 0 Å². The van der Waals surface area contributed by atoms with Crippen LogP contribution in [0.3, 0.4) is 0 Å². The third-order valence-electron chi connectivity index (χ3n) is 3.60. The first-order valence-corrected chi connectivity index (χ1v) is 6.68. The number of carbonyl (C=O) groups is 1. The molecule has 16 heavy (non-hydrogen) atoms. The molecule has 94 valence electrons. The fourth-order valence-corrected chi connectivity index (χ4v) is 2.25. The van der Waals surface area contributed by atoms with Crippen LogP contribution in [0.5, 0.6) is 0 Å². The monoisotopic (exact) mass is 226 g/mol. The number of piperidine rings is 1. The molecule has 0 spiro atoms. The lowest BCUT2D eigenvalue weighted by molar-refractivity contribution is -0.135. The van der Waals surface area contributed by atoms with Gasteiger partial charge in [-0.3, -0.25) is 4.79 Å². The molecule has 3 nitrogen and oxygen atoms in total. The van der Waals surface area contributed by atoms with Crippen LogP contribution in [-0.2, 0) is 4.79 Å². The van der Waals surface area contributed by atoms with E-state index in [0.29, 0.717) is 11.8 Å². The topological polar surface area (TPSA) is 32.3 Å². The first-order chi connectivity index (χ1) is 7.69. The molecule has 0 aromatic heterocycles. The van der Waals surface area contributed by atoms with E-state index in [2.05, 4.69) is 19.2 Å². The van der Waals surface area contributed by atoms with Crippen LogP contribution in [0.1, 0.15) is 40.0 Å². The van der Waals surface area contributed by atoms with E-state index in [0.717, 1.165) is 32.6 Å². The Kier molecular flexibility index (Phi) is 5.81. The summed E-state index contributed by atoms with van der Waals surface area (Å²) in [7, 11) is 0. The van der Waals surface area contributed by atoms with E-state index in [1.54, 1.807) is 0 Å². The largest absolute Gasteiger partial charge is 0.342 e. The fraction of sp³-hybridized carbons (Fsp3) is 0.923. The number of nitrogens with one attached hydrogen (secondary N) is 1. The van der Waals surface area contributed by atoms with Gasteiger partial charge in [0.05, 0.1) is 0 Å². The fourth-order valence-electron chi connectivity index (χ4n) is 2.25. The summed E-state index contributed by atoms with van der Waals surface area (Å²) in [5, 5.41) is 3.41. The van der Waals surface area contributed by atoms with E-state index < -0.39 is 0 Å². The molecule has 1 fully saturated rings. The van der Waals surface area contributed by atoms with Gasteiger partial charge < -0.3 is 10.2 Å². The maximum atomic E-state index is 12.1. The molecule has 1 amide bonds. The zero-order valence-corrected chi connectivity index (χ0v) is 11.0. The maximum Gasteiger partial charge on any atom is 0.225 e. The number of hydrogen-bond acceptors (Lipinski definition) is 2. The summed E-state index contributed by atoms with van der Waals surface area (Å²) >= 11 is 0. The van der Waals surface area contributed by atoms with Gasteiger partial charge in [0.25, 0.3) is 0 Å². The third kappa shape index (κ3) is 3.78. The van der Waals surface area contributed by atoms with Gasteiger partial charge in [0.2, 0.25) is 5.91 Å². The van der Waals surface area contributed by atoms with Crippen LogP contribution in [0.25, 0.3) is 0 Å². The normalized spacial score (nSPS) is 22.8. The average Bonchev–Trinajstić information content (AvgIpc) is 2.35. The average molecular weight is 226 g/mol. The zero-order chi connectivity index (χ0) is 12.0. The van der Waals surface area contributed by atoms with Crippen LogP contribution in [0, 0.1) is 11.8 Å². The van der Waals surface area contributed by atoms with Gasteiger partial charge in [-0.2, -0.15) is 0 Å². The molecule has 1 N–H and O–H groups in total. The molecule has 1 rings (SSSR count). The molecule has 0 bridgehead atoms. The Morgan fingerprint density at radius 1 is 1.50 bits per heavy atom. The van der Waals surface area contributed by atoms with Crippen molar-refractivity contribution in [3.63, 3.8) is 0 Å². The molecule has 0 aromatic carbocycles. The standard InChI is InChI=1S/C13H26N2O/c1-4-11(3)13(16)15(5-2)10-12-7-6-8-14-9-12/h11-12,14H,4-10H2,1-3H3. The van der Waals surface area contributed by atoms with E-state index in [9.17, 15) is 4.79 Å². The zero-order valence-electron chi connectivity index (χ0n) is 11.0. The molecular formula is C13H26N2O. The molecule has 0 aliphatic carbocycles. The van der Waals surface area contributed by atoms with Gasteiger partial charge in [-0.15, -0.1) is 0 Å². The SMILES string of the molecule is CCC(C)C(=O)N(CC)CC1CCCNC1. The summed E-state index contributed by atoms with van der Waals surface area (Å²) in [6, 6.07) is 0. The lowest BCUT2D eigenvalue weighted by Gasteiger charge is -2.31. The maximum absolute atomic E-state index is 12.1. The second kappa shape index (κ2) is 6.89. The third-order valence-corrected chi connectivity index (χ3v) is 3.60. The molecule has 3 heteroatoms. The van der Waals surface area contributed by atoms with Crippen molar-refractivity contribution in [1.82, 2.24) is 10.2 Å². The van der Waals surface area contributed by atoms with Gasteiger partial charge in [0.1, 0.15) is 0 Å². The molecule has 1 heterocycles. The van der Waals surface area contributed by atoms with Crippen molar-refractivity contribution in [3.05, 3.63) is 0 Å². The summed E-state index contributed by atoms with van der Waals surface area (Å²) in [6.07, 6.45) is 3.45. The Labute approximate surface area is 99.6 Å². The van der Waals surface area contributed by atoms with Gasteiger partial charge >= 0.3 is 0 Å².